The van der Waals surface area contributed by atoms with Crippen molar-refractivity contribution in [3.63, 3.8) is 0 Å². The lowest BCUT2D eigenvalue weighted by Gasteiger charge is -2.54. The monoisotopic (exact) mass is 1220 g/mol. The quantitative estimate of drug-likeness (QED) is 0.118. The Labute approximate surface area is 509 Å². The van der Waals surface area contributed by atoms with Gasteiger partial charge in [-0.15, -0.1) is 0 Å². The molecule has 84 heavy (non-hydrogen) atoms. The van der Waals surface area contributed by atoms with Crippen molar-refractivity contribution in [2.45, 2.75) is 293 Å². The number of carbonyl (C=O) groups is 3. The second-order valence-electron chi connectivity index (χ2n) is 30.9. The van der Waals surface area contributed by atoms with Crippen molar-refractivity contribution in [1.29, 1.82) is 0 Å². The van der Waals surface area contributed by atoms with Gasteiger partial charge in [-0.25, -0.2) is 0 Å². The maximum Gasteiger partial charge on any atom is 0.261 e. The summed E-state index contributed by atoms with van der Waals surface area (Å²) in [7, 11) is -5.57. The normalized spacial score (nSPS) is 35.4. The minimum absolute atomic E-state index is 0.0331. The number of nitrogens with zero attached hydrogens (tertiary/aromatic N) is 1. The number of Topliss-reactive ketones (excluding diaryl/α,β-unsaturated/α-hetero) is 1. The molecule has 470 valence electrons. The summed E-state index contributed by atoms with van der Waals surface area (Å²) in [5.74, 6) is -0.802. The van der Waals surface area contributed by atoms with Crippen LogP contribution in [0.4, 0.5) is 0 Å². The third kappa shape index (κ3) is 14.9. The van der Waals surface area contributed by atoms with Crippen LogP contribution in [0, 0.1) is 17.8 Å². The van der Waals surface area contributed by atoms with Crippen LogP contribution in [-0.2, 0) is 46.5 Å². The summed E-state index contributed by atoms with van der Waals surface area (Å²) < 4.78 is 64.5. The Morgan fingerprint density at radius 3 is 1.86 bits per heavy atom. The highest BCUT2D eigenvalue weighted by Gasteiger charge is 2.55. The molecule has 0 saturated carbocycles. The molecule has 9 aliphatic heterocycles. The van der Waals surface area contributed by atoms with E-state index in [-0.39, 0.29) is 119 Å². The molecular formula is C68H109NO12Si3. The number of carbonyl (C=O) groups excluding carboxylic acids is 3. The first-order valence-corrected chi connectivity index (χ1v) is 40.7. The van der Waals surface area contributed by atoms with Crippen LogP contribution in [0.5, 0.6) is 0 Å². The first-order valence-electron chi connectivity index (χ1n) is 32.0. The van der Waals surface area contributed by atoms with Gasteiger partial charge >= 0.3 is 0 Å². The summed E-state index contributed by atoms with van der Waals surface area (Å²) in [4.78, 5) is 44.4. The molecule has 13 nitrogen and oxygen atoms in total. The number of ketones is 1. The van der Waals surface area contributed by atoms with Crippen LogP contribution in [0.3, 0.4) is 0 Å². The van der Waals surface area contributed by atoms with E-state index in [1.165, 1.54) is 4.90 Å². The number of ether oxygens (including phenoxy) is 6. The van der Waals surface area contributed by atoms with Crippen molar-refractivity contribution in [2.75, 3.05) is 13.7 Å². The summed E-state index contributed by atoms with van der Waals surface area (Å²) in [6.07, 6.45) is 7.47. The van der Waals surface area contributed by atoms with E-state index in [1.807, 2.05) is 0 Å². The van der Waals surface area contributed by atoms with Crippen LogP contribution in [-0.4, -0.2) is 147 Å². The summed E-state index contributed by atoms with van der Waals surface area (Å²) in [6, 6.07) is 7.00. The predicted octanol–water partition coefficient (Wildman–Crippen LogP) is 14.7. The van der Waals surface area contributed by atoms with Crippen molar-refractivity contribution in [2.24, 2.45) is 17.8 Å². The maximum absolute atomic E-state index is 15.1. The zero-order valence-electron chi connectivity index (χ0n) is 54.9. The number of hydrogen-bond acceptors (Lipinski definition) is 12. The van der Waals surface area contributed by atoms with Crippen LogP contribution in [0.2, 0.25) is 54.4 Å². The molecule has 0 radical (unpaired) electrons. The Kier molecular flexibility index (Phi) is 20.8. The van der Waals surface area contributed by atoms with Gasteiger partial charge in [0, 0.05) is 44.6 Å². The molecule has 16 heteroatoms. The van der Waals surface area contributed by atoms with E-state index in [2.05, 4.69) is 147 Å². The van der Waals surface area contributed by atoms with Crippen molar-refractivity contribution < 1.29 is 56.1 Å². The average Bonchev–Trinajstić information content (AvgIpc) is 1.92. The second kappa shape index (κ2) is 26.0. The first-order chi connectivity index (χ1) is 39.0. The molecule has 8 bridgehead atoms. The fourth-order valence-electron chi connectivity index (χ4n) is 13.3. The molecule has 4 unspecified atom stereocenters. The SMILES string of the molecule is C=C1/C=C/[C@H](O[Si](C)(C)C(C)(C)C)C2O[C@H]3CCC(CC(=O)C[C@H]4[C@H](C[C@H]5O[C@@H](CCC6O[C@@H](CC1)CC6=C)C[C@@H](C)C5=C)OC(C[C@@H](CN1C(=O)c5ccccc5C1=O)O[Si](C)(C)C(C)(C)C)[C@@H]4OC)O[C@@H]3[C@H](C)[C@@H]2O[Si](C)(C)C(C)(C)C. The van der Waals surface area contributed by atoms with E-state index in [0.29, 0.717) is 30.4 Å². The maximum atomic E-state index is 15.1. The summed E-state index contributed by atoms with van der Waals surface area (Å²) in [5.41, 5.74) is 3.96. The van der Waals surface area contributed by atoms with Gasteiger partial charge in [0.1, 0.15) is 11.9 Å². The standard InChI is InChI=1S/C68H109NO12Si3/c1-41-26-28-47-35-43(3)54(74-47)32-29-48-34-42(2)44(4)57(75-48)39-58-53(62(73-15)59(77-58)38-50(79-82(16,17)66(6,7)8)40-69-64(71)51-24-22-23-25-52(51)65(69)72)37-46(70)36-49-30-33-55-60(76-49)45(5)61(81-84(20,21)68(12,13)14)63(78-55)56(31-27-41)80-83(18,19)67(9,10)11/h22-25,27,31,42,45,47-50,53-63H,1,3-4,26,28-30,32-40H2,2,5-21H3/b31-27+/t42-,45+,47+,48+,49?,50+,53+,54?,55+,56+,57-,58+,59?,60-,61+,62-,63?/m1/s1. The number of amides is 2. The van der Waals surface area contributed by atoms with E-state index >= 15 is 4.79 Å². The largest absolute Gasteiger partial charge is 0.412 e. The smallest absolute Gasteiger partial charge is 0.261 e. The Morgan fingerprint density at radius 1 is 0.643 bits per heavy atom. The molecule has 0 spiro atoms. The Morgan fingerprint density at radius 2 is 1.24 bits per heavy atom. The van der Waals surface area contributed by atoms with E-state index < -0.39 is 61.6 Å². The van der Waals surface area contributed by atoms with E-state index in [4.69, 9.17) is 41.7 Å². The number of imide groups is 1. The molecule has 0 aromatic heterocycles. The molecule has 10 rings (SSSR count). The molecule has 1 aromatic rings. The molecule has 2 amide bonds. The summed E-state index contributed by atoms with van der Waals surface area (Å²) >= 11 is 0. The van der Waals surface area contributed by atoms with Crippen LogP contribution in [0.1, 0.15) is 174 Å². The highest BCUT2D eigenvalue weighted by atomic mass is 28.4. The van der Waals surface area contributed by atoms with Gasteiger partial charge in [0.15, 0.2) is 25.0 Å². The van der Waals surface area contributed by atoms with E-state index in [9.17, 15) is 9.59 Å². The topological polar surface area (TPSA) is 138 Å². The van der Waals surface area contributed by atoms with Gasteiger partial charge in [0.05, 0.1) is 97.0 Å². The number of allylic oxidation sites excluding steroid dienone is 2. The molecule has 9 aliphatic rings. The van der Waals surface area contributed by atoms with Crippen LogP contribution in [0.25, 0.3) is 0 Å². The fourth-order valence-corrected chi connectivity index (χ4v) is 17.3. The lowest BCUT2D eigenvalue weighted by Crippen LogP contribution is -2.64. The summed E-state index contributed by atoms with van der Waals surface area (Å²) in [5, 5.41) is -0.300. The molecule has 5 saturated heterocycles. The fraction of sp³-hybridized carbons (Fsp3) is 0.750. The zero-order valence-corrected chi connectivity index (χ0v) is 57.9. The van der Waals surface area contributed by atoms with Gasteiger partial charge in [-0.2, -0.15) is 0 Å². The Balaban J connectivity index is 1.12. The lowest BCUT2D eigenvalue weighted by molar-refractivity contribution is -0.251. The van der Waals surface area contributed by atoms with Crippen molar-refractivity contribution in [3.8, 4) is 0 Å². The summed E-state index contributed by atoms with van der Waals surface area (Å²) in [6.45, 7) is 52.2. The molecule has 17 atom stereocenters. The van der Waals surface area contributed by atoms with Crippen molar-refractivity contribution in [1.82, 2.24) is 4.90 Å². The third-order valence-electron chi connectivity index (χ3n) is 21.6. The minimum atomic E-state index is -2.50. The van der Waals surface area contributed by atoms with Crippen LogP contribution >= 0.6 is 0 Å². The molecule has 1 aromatic carbocycles. The van der Waals surface area contributed by atoms with Crippen LogP contribution < -0.4 is 0 Å². The zero-order chi connectivity index (χ0) is 61.8. The van der Waals surface area contributed by atoms with Crippen LogP contribution in [0.15, 0.2) is 72.9 Å². The van der Waals surface area contributed by atoms with Gasteiger partial charge in [0.2, 0.25) is 0 Å². The van der Waals surface area contributed by atoms with E-state index in [1.54, 1.807) is 31.4 Å². The van der Waals surface area contributed by atoms with E-state index in [0.717, 1.165) is 61.7 Å². The third-order valence-corrected chi connectivity index (χ3v) is 35.1. The molecule has 0 N–H and O–H groups in total. The molecule has 0 aliphatic carbocycles. The Hall–Kier alpha value is -2.72. The number of rotatable bonds is 11. The minimum Gasteiger partial charge on any atom is -0.412 e. The number of methoxy groups -OCH3 is 1. The highest BCUT2D eigenvalue weighted by Crippen LogP contribution is 2.48. The second-order valence-corrected chi connectivity index (χ2v) is 45.2. The number of benzene rings is 1. The van der Waals surface area contributed by atoms with Crippen molar-refractivity contribution in [3.05, 3.63) is 84.0 Å². The van der Waals surface area contributed by atoms with Gasteiger partial charge in [-0.05, 0) is 135 Å². The van der Waals surface area contributed by atoms with Gasteiger partial charge in [-0.3, -0.25) is 19.3 Å². The highest BCUT2D eigenvalue weighted by molar-refractivity contribution is 6.75. The van der Waals surface area contributed by atoms with Gasteiger partial charge in [-0.1, -0.05) is 126 Å². The lowest BCUT2D eigenvalue weighted by atomic mass is 9.80. The predicted molar refractivity (Wildman–Crippen MR) is 341 cm³/mol. The number of fused-ring (bicyclic) bond motifs is 3. The first kappa shape index (κ1) is 67.2. The molecule has 9 heterocycles. The molecule has 5 fully saturated rings. The average molecular weight is 1220 g/mol. The van der Waals surface area contributed by atoms with Gasteiger partial charge < -0.3 is 41.7 Å². The van der Waals surface area contributed by atoms with Crippen molar-refractivity contribution >= 4 is 42.5 Å². The number of hydrogen-bond donors (Lipinski definition) is 0. The Bertz CT molecular complexity index is 2560. The molecular weight excluding hydrogens is 1110 g/mol. The van der Waals surface area contributed by atoms with Gasteiger partial charge in [0.25, 0.3) is 11.8 Å².